The molecule has 9 aromatic rings. The van der Waals surface area contributed by atoms with Crippen molar-refractivity contribution in [1.29, 1.82) is 0 Å². The molecule has 0 amide bonds. The molecule has 2 heteroatoms. The molecule has 264 valence electrons. The second kappa shape index (κ2) is 12.7. The number of benzene rings is 9. The molecule has 0 unspecified atom stereocenters. The number of nitrogens with zero attached hydrogens (tertiary/aromatic N) is 2. The molecule has 0 aromatic heterocycles. The molecule has 0 aliphatic heterocycles. The molecule has 0 heterocycles. The van der Waals surface area contributed by atoms with Crippen LogP contribution in [-0.4, -0.2) is 0 Å². The number of rotatable bonds is 6. The number of anilines is 6. The summed E-state index contributed by atoms with van der Waals surface area (Å²) in [6.45, 7) is 9.33. The second-order valence-corrected chi connectivity index (χ2v) is 15.4. The van der Waals surface area contributed by atoms with Crippen LogP contribution in [0.15, 0.2) is 182 Å². The Morgan fingerprint density at radius 1 is 0.364 bits per heavy atom. The highest BCUT2D eigenvalue weighted by Crippen LogP contribution is 2.56. The summed E-state index contributed by atoms with van der Waals surface area (Å²) in [5.74, 6) is 0. The van der Waals surface area contributed by atoms with Gasteiger partial charge in [-0.3, -0.25) is 0 Å². The third-order valence-electron chi connectivity index (χ3n) is 12.0. The first-order chi connectivity index (χ1) is 26.9. The lowest BCUT2D eigenvalue weighted by molar-refractivity contribution is 0.661. The molecule has 10 rings (SSSR count). The van der Waals surface area contributed by atoms with E-state index >= 15 is 0 Å². The first-order valence-corrected chi connectivity index (χ1v) is 19.3. The van der Waals surface area contributed by atoms with Crippen molar-refractivity contribution in [3.8, 4) is 11.1 Å². The molecule has 0 fully saturated rings. The number of para-hydroxylation sites is 2. The second-order valence-electron chi connectivity index (χ2n) is 15.4. The molecule has 2 nitrogen and oxygen atoms in total. The van der Waals surface area contributed by atoms with E-state index in [2.05, 4.69) is 219 Å². The number of hydrogen-bond donors (Lipinski definition) is 0. The standard InChI is InChI=1S/C53H42N2/c1-35-42-23-13-11-17-37(42)27-31-49(35)54(39-19-7-5-8-20-39)41-29-30-46-47(33-41)53(3,4)48-34-51(44-25-15-16-26-45(44)52(46)48)55(40-21-9-6-10-22-40)50-32-28-38-18-12-14-24-43(38)36(50)2/h5-34H,1-4H3. The highest BCUT2D eigenvalue weighted by Gasteiger charge is 2.38. The molecule has 1 aliphatic carbocycles. The quantitative estimate of drug-likeness (QED) is 0.170. The van der Waals surface area contributed by atoms with E-state index in [4.69, 9.17) is 0 Å². The lowest BCUT2D eigenvalue weighted by Crippen LogP contribution is -2.18. The Kier molecular flexibility index (Phi) is 7.64. The van der Waals surface area contributed by atoms with E-state index in [-0.39, 0.29) is 5.41 Å². The average Bonchev–Trinajstić information content (AvgIpc) is 3.46. The van der Waals surface area contributed by atoms with Gasteiger partial charge in [0.1, 0.15) is 0 Å². The average molecular weight is 707 g/mol. The summed E-state index contributed by atoms with van der Waals surface area (Å²) in [6, 6.07) is 66.8. The van der Waals surface area contributed by atoms with Crippen LogP contribution < -0.4 is 9.80 Å². The van der Waals surface area contributed by atoms with Crippen molar-refractivity contribution in [2.45, 2.75) is 33.1 Å². The van der Waals surface area contributed by atoms with Gasteiger partial charge in [-0.05, 0) is 129 Å². The smallest absolute Gasteiger partial charge is 0.0543 e. The Labute approximate surface area is 323 Å². The molecule has 0 N–H and O–H groups in total. The van der Waals surface area contributed by atoms with Crippen LogP contribution in [0.1, 0.15) is 36.1 Å². The first-order valence-electron chi connectivity index (χ1n) is 19.3. The monoisotopic (exact) mass is 706 g/mol. The van der Waals surface area contributed by atoms with Crippen molar-refractivity contribution >= 4 is 66.4 Å². The van der Waals surface area contributed by atoms with Crippen LogP contribution in [0.25, 0.3) is 43.4 Å². The Hall–Kier alpha value is -6.64. The fourth-order valence-corrected chi connectivity index (χ4v) is 9.18. The van der Waals surface area contributed by atoms with E-state index in [1.54, 1.807) is 0 Å². The number of aryl methyl sites for hydroxylation is 2. The molecule has 0 saturated carbocycles. The van der Waals surface area contributed by atoms with E-state index in [1.165, 1.54) is 82.8 Å². The van der Waals surface area contributed by atoms with Gasteiger partial charge in [-0.2, -0.15) is 0 Å². The highest BCUT2D eigenvalue weighted by atomic mass is 15.2. The summed E-state index contributed by atoms with van der Waals surface area (Å²) in [7, 11) is 0. The summed E-state index contributed by atoms with van der Waals surface area (Å²) >= 11 is 0. The minimum absolute atomic E-state index is 0.263. The fraction of sp³-hybridized carbons (Fsp3) is 0.0943. The van der Waals surface area contributed by atoms with E-state index in [1.807, 2.05) is 0 Å². The van der Waals surface area contributed by atoms with Crippen molar-refractivity contribution in [2.75, 3.05) is 9.80 Å². The summed E-state index contributed by atoms with van der Waals surface area (Å²) < 4.78 is 0. The largest absolute Gasteiger partial charge is 0.310 e. The summed E-state index contributed by atoms with van der Waals surface area (Å²) in [4.78, 5) is 4.92. The summed E-state index contributed by atoms with van der Waals surface area (Å²) in [5, 5.41) is 7.58. The first kappa shape index (κ1) is 33.0. The van der Waals surface area contributed by atoms with Gasteiger partial charge in [-0.25, -0.2) is 0 Å². The van der Waals surface area contributed by atoms with Crippen LogP contribution in [0, 0.1) is 13.8 Å². The van der Waals surface area contributed by atoms with Gasteiger partial charge in [0.15, 0.2) is 0 Å². The SMILES string of the molecule is Cc1c(N(c2ccccc2)c2ccc3c(c2)C(C)(C)c2cc(N(c4ccccc4)c4ccc5ccccc5c4C)c4ccccc4c2-3)ccc2ccccc12. The molecule has 0 saturated heterocycles. The topological polar surface area (TPSA) is 6.48 Å². The third-order valence-corrected chi connectivity index (χ3v) is 12.0. The van der Waals surface area contributed by atoms with Gasteiger partial charge in [0.2, 0.25) is 0 Å². The van der Waals surface area contributed by atoms with Gasteiger partial charge >= 0.3 is 0 Å². The van der Waals surface area contributed by atoms with Crippen LogP contribution in [0.2, 0.25) is 0 Å². The van der Waals surface area contributed by atoms with Gasteiger partial charge in [0.25, 0.3) is 0 Å². The molecule has 55 heavy (non-hydrogen) atoms. The molecule has 1 aliphatic rings. The molecule has 0 atom stereocenters. The molecular formula is C53H42N2. The van der Waals surface area contributed by atoms with E-state index < -0.39 is 0 Å². The van der Waals surface area contributed by atoms with Gasteiger partial charge in [0, 0.05) is 39.2 Å². The maximum Gasteiger partial charge on any atom is 0.0543 e. The predicted octanol–water partition coefficient (Wildman–Crippen LogP) is 15.0. The lowest BCUT2D eigenvalue weighted by Gasteiger charge is -2.31. The maximum absolute atomic E-state index is 2.49. The Bertz CT molecular complexity index is 2920. The molecule has 0 bridgehead atoms. The fourth-order valence-electron chi connectivity index (χ4n) is 9.18. The Balaban J connectivity index is 1.19. The van der Waals surface area contributed by atoms with Crippen molar-refractivity contribution < 1.29 is 0 Å². The van der Waals surface area contributed by atoms with Crippen molar-refractivity contribution in [2.24, 2.45) is 0 Å². The maximum atomic E-state index is 2.49. The zero-order valence-electron chi connectivity index (χ0n) is 31.7. The predicted molar refractivity (Wildman–Crippen MR) is 235 cm³/mol. The molecule has 0 spiro atoms. The summed E-state index contributed by atoms with van der Waals surface area (Å²) in [5.41, 5.74) is 14.6. The molecule has 9 aromatic carbocycles. The van der Waals surface area contributed by atoms with E-state index in [0.717, 1.165) is 17.1 Å². The zero-order valence-corrected chi connectivity index (χ0v) is 31.7. The number of fused-ring (bicyclic) bond motifs is 7. The minimum Gasteiger partial charge on any atom is -0.310 e. The van der Waals surface area contributed by atoms with Gasteiger partial charge in [0.05, 0.1) is 5.69 Å². The van der Waals surface area contributed by atoms with Crippen LogP contribution in [-0.2, 0) is 5.41 Å². The van der Waals surface area contributed by atoms with Crippen LogP contribution in [0.4, 0.5) is 34.1 Å². The Morgan fingerprint density at radius 2 is 0.855 bits per heavy atom. The Morgan fingerprint density at radius 3 is 1.45 bits per heavy atom. The summed E-state index contributed by atoms with van der Waals surface area (Å²) in [6.07, 6.45) is 0. The van der Waals surface area contributed by atoms with Gasteiger partial charge in [-0.1, -0.05) is 141 Å². The van der Waals surface area contributed by atoms with E-state index in [9.17, 15) is 0 Å². The van der Waals surface area contributed by atoms with Gasteiger partial charge < -0.3 is 9.80 Å². The minimum atomic E-state index is -0.263. The molecular weight excluding hydrogens is 665 g/mol. The zero-order chi connectivity index (χ0) is 37.3. The number of hydrogen-bond acceptors (Lipinski definition) is 2. The van der Waals surface area contributed by atoms with Crippen molar-refractivity contribution in [3.63, 3.8) is 0 Å². The molecule has 0 radical (unpaired) electrons. The normalized spacial score (nSPS) is 12.9. The van der Waals surface area contributed by atoms with Crippen molar-refractivity contribution in [1.82, 2.24) is 0 Å². The third kappa shape index (κ3) is 5.16. The van der Waals surface area contributed by atoms with Gasteiger partial charge in [-0.15, -0.1) is 0 Å². The van der Waals surface area contributed by atoms with Crippen LogP contribution in [0.5, 0.6) is 0 Å². The van der Waals surface area contributed by atoms with Crippen LogP contribution >= 0.6 is 0 Å². The lowest BCUT2D eigenvalue weighted by atomic mass is 9.81. The van der Waals surface area contributed by atoms with Crippen molar-refractivity contribution in [3.05, 3.63) is 204 Å². The van der Waals surface area contributed by atoms with Crippen LogP contribution in [0.3, 0.4) is 0 Å². The van der Waals surface area contributed by atoms with E-state index in [0.29, 0.717) is 0 Å². The highest BCUT2D eigenvalue weighted by molar-refractivity contribution is 6.11.